The molecule has 0 bridgehead atoms. The number of unbranched alkanes of at least 4 members (excludes halogenated alkanes) is 1. The number of alkyl halides is 1. The molecule has 0 aliphatic carbocycles. The largest absolute Gasteiger partial charge is 0.341 e. The van der Waals surface area contributed by atoms with E-state index in [2.05, 4.69) is 47.1 Å². The highest BCUT2D eigenvalue weighted by atomic mass is 35.5. The van der Waals surface area contributed by atoms with Gasteiger partial charge in [0, 0.05) is 24.1 Å². The Balaban J connectivity index is 2.31. The molecule has 0 aliphatic rings. The van der Waals surface area contributed by atoms with Crippen LogP contribution in [0.4, 0.5) is 11.4 Å². The Morgan fingerprint density at radius 2 is 1.89 bits per heavy atom. The summed E-state index contributed by atoms with van der Waals surface area (Å²) in [6.07, 6.45) is 4.17. The van der Waals surface area contributed by atoms with Gasteiger partial charge < -0.3 is 4.90 Å². The van der Waals surface area contributed by atoms with E-state index in [1.807, 2.05) is 18.3 Å². The van der Waals surface area contributed by atoms with Crippen LogP contribution in [0.3, 0.4) is 0 Å². The van der Waals surface area contributed by atoms with Gasteiger partial charge in [-0.3, -0.25) is 4.98 Å². The molecule has 0 aliphatic heterocycles. The van der Waals surface area contributed by atoms with Gasteiger partial charge in [0.05, 0.1) is 11.6 Å². The van der Waals surface area contributed by atoms with Gasteiger partial charge in [-0.25, -0.2) is 0 Å². The average molecular weight is 275 g/mol. The third-order valence-electron chi connectivity index (χ3n) is 3.05. The minimum atomic E-state index is 0.449. The Morgan fingerprint density at radius 3 is 2.58 bits per heavy atom. The van der Waals surface area contributed by atoms with Crippen LogP contribution < -0.4 is 4.90 Å². The fourth-order valence-electron chi connectivity index (χ4n) is 2.04. The molecule has 1 heterocycles. The summed E-state index contributed by atoms with van der Waals surface area (Å²) < 4.78 is 0. The van der Waals surface area contributed by atoms with E-state index in [1.54, 1.807) is 0 Å². The molecule has 2 rings (SSSR count). The van der Waals surface area contributed by atoms with Crippen LogP contribution in [0.2, 0.25) is 0 Å². The van der Waals surface area contributed by atoms with Crippen LogP contribution in [0.5, 0.6) is 0 Å². The maximum absolute atomic E-state index is 5.87. The molecule has 0 atom stereocenters. The number of para-hydroxylation sites is 1. The van der Waals surface area contributed by atoms with E-state index in [1.165, 1.54) is 12.1 Å². The first-order chi connectivity index (χ1) is 9.35. The second-order valence-corrected chi connectivity index (χ2v) is 4.75. The third-order valence-corrected chi connectivity index (χ3v) is 3.33. The molecule has 2 nitrogen and oxygen atoms in total. The molecule has 100 valence electrons. The van der Waals surface area contributed by atoms with Crippen LogP contribution in [0.15, 0.2) is 48.7 Å². The summed E-state index contributed by atoms with van der Waals surface area (Å²) >= 11 is 5.87. The molecule has 0 saturated heterocycles. The SMILES string of the molecule is CCCCN(c1ccccc1)c1ccnc(CCl)c1. The first-order valence-electron chi connectivity index (χ1n) is 6.68. The van der Waals surface area contributed by atoms with Crippen molar-refractivity contribution in [1.82, 2.24) is 4.98 Å². The van der Waals surface area contributed by atoms with Crippen molar-refractivity contribution in [3.8, 4) is 0 Å². The van der Waals surface area contributed by atoms with Crippen LogP contribution in [0.1, 0.15) is 25.5 Å². The summed E-state index contributed by atoms with van der Waals surface area (Å²) in [4.78, 5) is 6.58. The molecule has 0 N–H and O–H groups in total. The van der Waals surface area contributed by atoms with Crippen LogP contribution in [0, 0.1) is 0 Å². The molecule has 2 aromatic rings. The monoisotopic (exact) mass is 274 g/mol. The van der Waals surface area contributed by atoms with Gasteiger partial charge in [0.25, 0.3) is 0 Å². The first-order valence-corrected chi connectivity index (χ1v) is 7.22. The molecule has 0 fully saturated rings. The van der Waals surface area contributed by atoms with Gasteiger partial charge in [0.15, 0.2) is 0 Å². The highest BCUT2D eigenvalue weighted by molar-refractivity contribution is 6.16. The number of rotatable bonds is 6. The molecule has 19 heavy (non-hydrogen) atoms. The molecular formula is C16H19ClN2. The number of nitrogens with zero attached hydrogens (tertiary/aromatic N) is 2. The molecule has 0 amide bonds. The van der Waals surface area contributed by atoms with E-state index < -0.39 is 0 Å². The Morgan fingerprint density at radius 1 is 1.11 bits per heavy atom. The van der Waals surface area contributed by atoms with Gasteiger partial charge in [0.1, 0.15) is 0 Å². The summed E-state index contributed by atoms with van der Waals surface area (Å²) in [5, 5.41) is 0. The summed E-state index contributed by atoms with van der Waals surface area (Å²) in [7, 11) is 0. The third kappa shape index (κ3) is 3.71. The van der Waals surface area contributed by atoms with Crippen LogP contribution in [-0.2, 0) is 5.88 Å². The first kappa shape index (κ1) is 13.9. The maximum Gasteiger partial charge on any atom is 0.0648 e. The summed E-state index contributed by atoms with van der Waals surface area (Å²) in [5.74, 6) is 0.449. The lowest BCUT2D eigenvalue weighted by molar-refractivity contribution is 0.785. The van der Waals surface area contributed by atoms with Gasteiger partial charge in [-0.05, 0) is 30.7 Å². The van der Waals surface area contributed by atoms with Gasteiger partial charge in [-0.1, -0.05) is 31.5 Å². The number of pyridine rings is 1. The van der Waals surface area contributed by atoms with E-state index in [4.69, 9.17) is 11.6 Å². The second-order valence-electron chi connectivity index (χ2n) is 4.48. The zero-order valence-electron chi connectivity index (χ0n) is 11.2. The van der Waals surface area contributed by atoms with Gasteiger partial charge >= 0.3 is 0 Å². The highest BCUT2D eigenvalue weighted by Gasteiger charge is 2.09. The van der Waals surface area contributed by atoms with Gasteiger partial charge in [-0.2, -0.15) is 0 Å². The number of hydrogen-bond acceptors (Lipinski definition) is 2. The fraction of sp³-hybridized carbons (Fsp3) is 0.312. The van der Waals surface area contributed by atoms with Crippen LogP contribution in [0.25, 0.3) is 0 Å². The Hall–Kier alpha value is -1.54. The summed E-state index contributed by atoms with van der Waals surface area (Å²) in [6.45, 7) is 3.21. The highest BCUT2D eigenvalue weighted by Crippen LogP contribution is 2.26. The van der Waals surface area contributed by atoms with E-state index in [-0.39, 0.29) is 0 Å². The molecule has 0 spiro atoms. The number of benzene rings is 1. The van der Waals surface area contributed by atoms with E-state index in [9.17, 15) is 0 Å². The second kappa shape index (κ2) is 7.15. The van der Waals surface area contributed by atoms with E-state index >= 15 is 0 Å². The molecule has 1 aromatic carbocycles. The number of anilines is 2. The van der Waals surface area contributed by atoms with Crippen molar-refractivity contribution in [3.63, 3.8) is 0 Å². The summed E-state index contributed by atoms with van der Waals surface area (Å²) in [5.41, 5.74) is 3.28. The molecule has 0 unspecified atom stereocenters. The molecular weight excluding hydrogens is 256 g/mol. The van der Waals surface area contributed by atoms with Gasteiger partial charge in [0.2, 0.25) is 0 Å². The maximum atomic E-state index is 5.87. The molecule has 1 aromatic heterocycles. The van der Waals surface area contributed by atoms with Crippen molar-refractivity contribution in [1.29, 1.82) is 0 Å². The molecule has 3 heteroatoms. The Labute approximate surface area is 120 Å². The lowest BCUT2D eigenvalue weighted by Gasteiger charge is -2.25. The quantitative estimate of drug-likeness (QED) is 0.706. The fourth-order valence-corrected chi connectivity index (χ4v) is 2.18. The normalized spacial score (nSPS) is 10.4. The van der Waals surface area contributed by atoms with E-state index in [0.29, 0.717) is 5.88 Å². The van der Waals surface area contributed by atoms with Crippen molar-refractivity contribution in [2.24, 2.45) is 0 Å². The smallest absolute Gasteiger partial charge is 0.0648 e. The lowest BCUT2D eigenvalue weighted by atomic mass is 10.2. The predicted molar refractivity (Wildman–Crippen MR) is 82.2 cm³/mol. The van der Waals surface area contributed by atoms with Crippen molar-refractivity contribution in [2.45, 2.75) is 25.6 Å². The molecule has 0 saturated carbocycles. The van der Waals surface area contributed by atoms with Crippen molar-refractivity contribution in [3.05, 3.63) is 54.4 Å². The molecule has 0 radical (unpaired) electrons. The standard InChI is InChI=1S/C16H19ClN2/c1-2-3-11-19(15-7-5-4-6-8-15)16-9-10-18-14(12-16)13-17/h4-10,12H,2-3,11,13H2,1H3. The zero-order chi connectivity index (χ0) is 13.5. The van der Waals surface area contributed by atoms with Crippen LogP contribution >= 0.6 is 11.6 Å². The van der Waals surface area contributed by atoms with Crippen molar-refractivity contribution in [2.75, 3.05) is 11.4 Å². The van der Waals surface area contributed by atoms with E-state index in [0.717, 1.165) is 24.3 Å². The predicted octanol–water partition coefficient (Wildman–Crippen LogP) is 4.76. The summed E-state index contributed by atoms with van der Waals surface area (Å²) in [6, 6.07) is 14.6. The lowest BCUT2D eigenvalue weighted by Crippen LogP contribution is -2.18. The average Bonchev–Trinajstić information content (AvgIpc) is 2.49. The van der Waals surface area contributed by atoms with Crippen molar-refractivity contribution >= 4 is 23.0 Å². The minimum Gasteiger partial charge on any atom is -0.341 e. The Bertz CT molecular complexity index is 499. The topological polar surface area (TPSA) is 16.1 Å². The zero-order valence-corrected chi connectivity index (χ0v) is 12.0. The Kier molecular flexibility index (Phi) is 5.22. The number of hydrogen-bond donors (Lipinski definition) is 0. The van der Waals surface area contributed by atoms with Crippen LogP contribution in [-0.4, -0.2) is 11.5 Å². The number of halogens is 1. The number of aromatic nitrogens is 1. The van der Waals surface area contributed by atoms with Gasteiger partial charge in [-0.15, -0.1) is 11.6 Å². The van der Waals surface area contributed by atoms with Crippen molar-refractivity contribution < 1.29 is 0 Å². The minimum absolute atomic E-state index is 0.449.